The second kappa shape index (κ2) is 7.82. The van der Waals surface area contributed by atoms with E-state index < -0.39 is 10.0 Å². The van der Waals surface area contributed by atoms with E-state index in [1.54, 1.807) is 37.4 Å². The fourth-order valence-corrected chi connectivity index (χ4v) is 3.79. The van der Waals surface area contributed by atoms with E-state index in [4.69, 9.17) is 0 Å². The van der Waals surface area contributed by atoms with Gasteiger partial charge in [-0.05, 0) is 32.2 Å². The predicted octanol–water partition coefficient (Wildman–Crippen LogP) is 3.24. The Kier molecular flexibility index (Phi) is 6.00. The molecule has 0 aliphatic heterocycles. The van der Waals surface area contributed by atoms with Crippen LogP contribution in [0.3, 0.4) is 0 Å². The summed E-state index contributed by atoms with van der Waals surface area (Å²) in [6, 6.07) is 18.0. The Morgan fingerprint density at radius 2 is 1.68 bits per heavy atom. The van der Waals surface area contributed by atoms with Crippen molar-refractivity contribution < 1.29 is 8.42 Å². The Hall–Kier alpha value is -2.15. The summed E-state index contributed by atoms with van der Waals surface area (Å²) in [5.41, 5.74) is 3.05. The lowest BCUT2D eigenvalue weighted by atomic mass is 10.1. The van der Waals surface area contributed by atoms with E-state index in [9.17, 15) is 8.42 Å². The van der Waals surface area contributed by atoms with Crippen LogP contribution in [0.15, 0.2) is 65.6 Å². The summed E-state index contributed by atoms with van der Waals surface area (Å²) in [5.74, 6) is 0. The molecule has 0 aliphatic rings. The Morgan fingerprint density at radius 1 is 1.04 bits per heavy atom. The molecule has 1 aromatic heterocycles. The normalized spacial score (nSPS) is 11.1. The summed E-state index contributed by atoms with van der Waals surface area (Å²) in [4.78, 5) is 0.226. The maximum absolute atomic E-state index is 13.0. The number of aryl methyl sites for hydroxylation is 1. The molecule has 0 saturated carbocycles. The van der Waals surface area contributed by atoms with Crippen LogP contribution in [0, 0.1) is 6.92 Å². The SMILES string of the molecule is CNCc1cc(-c2ccccc2)n(S(=O)(=O)c2ccc(C)cc2)n1.Cl. The zero-order chi connectivity index (χ0) is 17.2. The Bertz CT molecular complexity index is 936. The van der Waals surface area contributed by atoms with Crippen LogP contribution in [0.25, 0.3) is 11.3 Å². The van der Waals surface area contributed by atoms with Crippen molar-refractivity contribution in [3.63, 3.8) is 0 Å². The van der Waals surface area contributed by atoms with Crippen molar-refractivity contribution in [1.82, 2.24) is 14.5 Å². The van der Waals surface area contributed by atoms with E-state index in [-0.39, 0.29) is 17.3 Å². The van der Waals surface area contributed by atoms with Gasteiger partial charge in [0.25, 0.3) is 10.0 Å². The molecule has 0 unspecified atom stereocenters. The van der Waals surface area contributed by atoms with E-state index in [1.807, 2.05) is 37.3 Å². The molecule has 132 valence electrons. The standard InChI is InChI=1S/C18H19N3O2S.ClH/c1-14-8-10-17(11-9-14)24(22,23)21-18(12-16(20-21)13-19-2)15-6-4-3-5-7-15;/h3-12,19H,13H2,1-2H3;1H. The van der Waals surface area contributed by atoms with E-state index in [1.165, 1.54) is 0 Å². The first-order valence-electron chi connectivity index (χ1n) is 7.63. The Morgan fingerprint density at radius 3 is 2.28 bits per heavy atom. The van der Waals surface area contributed by atoms with Gasteiger partial charge in [0.1, 0.15) is 0 Å². The molecule has 0 bridgehead atoms. The molecule has 0 amide bonds. The van der Waals surface area contributed by atoms with Crippen molar-refractivity contribution in [2.75, 3.05) is 7.05 Å². The molecule has 3 rings (SSSR count). The lowest BCUT2D eigenvalue weighted by Crippen LogP contribution is -2.16. The second-order valence-corrected chi connectivity index (χ2v) is 7.35. The quantitative estimate of drug-likeness (QED) is 0.741. The average molecular weight is 378 g/mol. The fraction of sp³-hybridized carbons (Fsp3) is 0.167. The number of rotatable bonds is 5. The van der Waals surface area contributed by atoms with Crippen LogP contribution in [0.1, 0.15) is 11.3 Å². The van der Waals surface area contributed by atoms with E-state index in [0.717, 1.165) is 15.2 Å². The Balaban J connectivity index is 0.00000225. The minimum Gasteiger partial charge on any atom is -0.314 e. The van der Waals surface area contributed by atoms with Crippen molar-refractivity contribution in [3.8, 4) is 11.3 Å². The molecule has 0 saturated heterocycles. The van der Waals surface area contributed by atoms with Crippen molar-refractivity contribution in [2.24, 2.45) is 0 Å². The molecule has 0 spiro atoms. The van der Waals surface area contributed by atoms with Crippen LogP contribution >= 0.6 is 12.4 Å². The highest BCUT2D eigenvalue weighted by Crippen LogP contribution is 2.25. The fourth-order valence-electron chi connectivity index (χ4n) is 2.48. The van der Waals surface area contributed by atoms with E-state index >= 15 is 0 Å². The number of halogens is 1. The number of hydrogen-bond donors (Lipinski definition) is 1. The maximum Gasteiger partial charge on any atom is 0.283 e. The predicted molar refractivity (Wildman–Crippen MR) is 101 cm³/mol. The maximum atomic E-state index is 13.0. The first-order valence-corrected chi connectivity index (χ1v) is 9.07. The number of benzene rings is 2. The summed E-state index contributed by atoms with van der Waals surface area (Å²) in [6.45, 7) is 2.42. The zero-order valence-electron chi connectivity index (χ0n) is 14.0. The summed E-state index contributed by atoms with van der Waals surface area (Å²) in [6.07, 6.45) is 0. The lowest BCUT2D eigenvalue weighted by Gasteiger charge is -2.09. The highest BCUT2D eigenvalue weighted by Gasteiger charge is 2.23. The molecule has 1 N–H and O–H groups in total. The van der Waals surface area contributed by atoms with Gasteiger partial charge in [-0.2, -0.15) is 17.6 Å². The minimum absolute atomic E-state index is 0. The highest BCUT2D eigenvalue weighted by atomic mass is 35.5. The van der Waals surface area contributed by atoms with E-state index in [0.29, 0.717) is 17.9 Å². The zero-order valence-corrected chi connectivity index (χ0v) is 15.6. The van der Waals surface area contributed by atoms with Crippen LogP contribution in [0.4, 0.5) is 0 Å². The van der Waals surface area contributed by atoms with Gasteiger partial charge < -0.3 is 5.32 Å². The smallest absolute Gasteiger partial charge is 0.283 e. The van der Waals surface area contributed by atoms with Gasteiger partial charge >= 0.3 is 0 Å². The van der Waals surface area contributed by atoms with Gasteiger partial charge in [-0.15, -0.1) is 12.4 Å². The molecule has 0 fully saturated rings. The van der Waals surface area contributed by atoms with Crippen LogP contribution in [-0.4, -0.2) is 24.7 Å². The third kappa shape index (κ3) is 3.92. The van der Waals surface area contributed by atoms with Crippen molar-refractivity contribution in [2.45, 2.75) is 18.4 Å². The number of nitrogens with one attached hydrogen (secondary N) is 1. The second-order valence-electron chi connectivity index (χ2n) is 5.58. The topological polar surface area (TPSA) is 64.0 Å². The van der Waals surface area contributed by atoms with Crippen molar-refractivity contribution in [3.05, 3.63) is 71.9 Å². The van der Waals surface area contributed by atoms with Gasteiger partial charge in [-0.25, -0.2) is 0 Å². The van der Waals surface area contributed by atoms with E-state index in [2.05, 4.69) is 10.4 Å². The summed E-state index contributed by atoms with van der Waals surface area (Å²) in [5, 5.41) is 7.32. The minimum atomic E-state index is -3.75. The molecule has 5 nitrogen and oxygen atoms in total. The first kappa shape index (κ1) is 19.2. The number of aromatic nitrogens is 2. The van der Waals surface area contributed by atoms with Crippen molar-refractivity contribution in [1.29, 1.82) is 0 Å². The molecule has 0 aliphatic carbocycles. The molecule has 1 heterocycles. The molecule has 7 heteroatoms. The summed E-state index contributed by atoms with van der Waals surface area (Å²) in [7, 11) is -1.95. The van der Waals surface area contributed by atoms with Gasteiger partial charge in [0.05, 0.1) is 16.3 Å². The van der Waals surface area contributed by atoms with Crippen molar-refractivity contribution >= 4 is 22.4 Å². The molecular formula is C18H20ClN3O2S. The summed E-state index contributed by atoms with van der Waals surface area (Å²) >= 11 is 0. The molecule has 25 heavy (non-hydrogen) atoms. The van der Waals surface area contributed by atoms with Gasteiger partial charge in [0, 0.05) is 12.1 Å². The van der Waals surface area contributed by atoms with Crippen LogP contribution in [0.5, 0.6) is 0 Å². The molecular weight excluding hydrogens is 358 g/mol. The van der Waals surface area contributed by atoms with Gasteiger partial charge in [-0.3, -0.25) is 0 Å². The van der Waals surface area contributed by atoms with Gasteiger partial charge in [0.15, 0.2) is 0 Å². The van der Waals surface area contributed by atoms with Gasteiger partial charge in [-0.1, -0.05) is 48.0 Å². The molecule has 2 aromatic carbocycles. The van der Waals surface area contributed by atoms with Crippen LogP contribution in [0.2, 0.25) is 0 Å². The van der Waals surface area contributed by atoms with Crippen LogP contribution < -0.4 is 5.32 Å². The third-order valence-corrected chi connectivity index (χ3v) is 5.30. The molecule has 0 atom stereocenters. The summed E-state index contributed by atoms with van der Waals surface area (Å²) < 4.78 is 27.2. The monoisotopic (exact) mass is 377 g/mol. The lowest BCUT2D eigenvalue weighted by molar-refractivity contribution is 0.579. The highest BCUT2D eigenvalue weighted by molar-refractivity contribution is 7.90. The number of hydrogen-bond acceptors (Lipinski definition) is 4. The largest absolute Gasteiger partial charge is 0.314 e. The average Bonchev–Trinajstić information content (AvgIpc) is 3.01. The Labute approximate surface area is 154 Å². The molecule has 0 radical (unpaired) electrons. The molecule has 3 aromatic rings. The van der Waals surface area contributed by atoms with Crippen LogP contribution in [-0.2, 0) is 16.6 Å². The number of nitrogens with zero attached hydrogens (tertiary/aromatic N) is 2. The third-order valence-electron chi connectivity index (χ3n) is 3.70. The first-order chi connectivity index (χ1) is 11.5. The van der Waals surface area contributed by atoms with Gasteiger partial charge in [0.2, 0.25) is 0 Å².